The molecule has 1 aliphatic heterocycles. The molecular formula is C27H29NO8S. The maximum atomic E-state index is 13.1. The number of nitrogens with zero attached hydrogens (tertiary/aromatic N) is 1. The molecule has 1 amide bonds. The Labute approximate surface area is 215 Å². The average Bonchev–Trinajstić information content (AvgIpc) is 3.40. The maximum absolute atomic E-state index is 13.1. The molecule has 37 heavy (non-hydrogen) atoms. The van der Waals surface area contributed by atoms with Crippen LogP contribution in [0, 0.1) is 0 Å². The molecule has 3 aromatic rings. The van der Waals surface area contributed by atoms with Crippen LogP contribution < -0.4 is 4.74 Å². The largest absolute Gasteiger partial charge is 0.485 e. The van der Waals surface area contributed by atoms with E-state index in [0.717, 1.165) is 12.8 Å². The van der Waals surface area contributed by atoms with Crippen LogP contribution in [0.1, 0.15) is 35.7 Å². The van der Waals surface area contributed by atoms with Crippen molar-refractivity contribution in [2.24, 2.45) is 0 Å². The number of hydrogen-bond acceptors (Lipinski definition) is 8. The molecule has 0 spiro atoms. The topological polar surface area (TPSA) is 112 Å². The monoisotopic (exact) mass is 527 g/mol. The van der Waals surface area contributed by atoms with E-state index in [9.17, 15) is 18.0 Å². The second-order valence-electron chi connectivity index (χ2n) is 8.66. The minimum absolute atomic E-state index is 0.0182. The SMILES string of the molecule is CCCCOC(=O)N1CC(Oc2c(-c3ccoc3)ccc(CS(=O)(=O)c3ccccc3)c2C(=O)OC)C1. The van der Waals surface area contributed by atoms with E-state index < -0.39 is 33.8 Å². The van der Waals surface area contributed by atoms with Crippen LogP contribution in [0.15, 0.2) is 70.4 Å². The first kappa shape index (κ1) is 26.3. The Bertz CT molecular complexity index is 1330. The highest BCUT2D eigenvalue weighted by atomic mass is 32.2. The number of methoxy groups -OCH3 is 1. The number of carbonyl (C=O) groups excluding carboxylic acids is 2. The third kappa shape index (κ3) is 5.96. The number of unbranched alkanes of at least 4 members (excludes halogenated alkanes) is 1. The fourth-order valence-electron chi connectivity index (χ4n) is 3.98. The summed E-state index contributed by atoms with van der Waals surface area (Å²) < 4.78 is 48.0. The van der Waals surface area contributed by atoms with Crippen molar-refractivity contribution < 1.29 is 36.6 Å². The smallest absolute Gasteiger partial charge is 0.410 e. The van der Waals surface area contributed by atoms with Gasteiger partial charge in [0.25, 0.3) is 0 Å². The lowest BCUT2D eigenvalue weighted by Crippen LogP contribution is -2.56. The lowest BCUT2D eigenvalue weighted by Gasteiger charge is -2.38. The molecule has 0 aliphatic carbocycles. The minimum atomic E-state index is -3.76. The molecule has 1 aliphatic rings. The number of furan rings is 1. The molecular weight excluding hydrogens is 498 g/mol. The van der Waals surface area contributed by atoms with Gasteiger partial charge in [0, 0.05) is 11.1 Å². The number of sulfone groups is 1. The van der Waals surface area contributed by atoms with Crippen LogP contribution in [0.5, 0.6) is 5.75 Å². The summed E-state index contributed by atoms with van der Waals surface area (Å²) in [6.07, 6.45) is 3.86. The zero-order valence-electron chi connectivity index (χ0n) is 20.7. The minimum Gasteiger partial charge on any atom is -0.485 e. The van der Waals surface area contributed by atoms with E-state index in [-0.39, 0.29) is 34.9 Å². The molecule has 2 aromatic carbocycles. The zero-order valence-corrected chi connectivity index (χ0v) is 21.5. The number of carbonyl (C=O) groups is 2. The van der Waals surface area contributed by atoms with Crippen molar-refractivity contribution in [2.45, 2.75) is 36.5 Å². The third-order valence-electron chi connectivity index (χ3n) is 6.03. The highest BCUT2D eigenvalue weighted by Gasteiger charge is 2.36. The van der Waals surface area contributed by atoms with Crippen LogP contribution in [-0.2, 0) is 25.1 Å². The highest BCUT2D eigenvalue weighted by molar-refractivity contribution is 7.90. The Morgan fingerprint density at radius 1 is 1.08 bits per heavy atom. The maximum Gasteiger partial charge on any atom is 0.410 e. The van der Waals surface area contributed by atoms with Gasteiger partial charge in [-0.2, -0.15) is 0 Å². The lowest BCUT2D eigenvalue weighted by molar-refractivity contribution is 0.0102. The summed E-state index contributed by atoms with van der Waals surface area (Å²) in [5.74, 6) is -0.976. The van der Waals surface area contributed by atoms with Gasteiger partial charge in [-0.05, 0) is 30.2 Å². The van der Waals surface area contributed by atoms with Crippen LogP contribution in [-0.4, -0.2) is 58.3 Å². The number of likely N-dealkylation sites (tertiary alicyclic amines) is 1. The van der Waals surface area contributed by atoms with Gasteiger partial charge in [0.2, 0.25) is 0 Å². The van der Waals surface area contributed by atoms with Gasteiger partial charge in [-0.15, -0.1) is 0 Å². The van der Waals surface area contributed by atoms with Gasteiger partial charge in [0.15, 0.2) is 9.84 Å². The molecule has 4 rings (SSSR count). The molecule has 1 aromatic heterocycles. The van der Waals surface area contributed by atoms with E-state index in [1.54, 1.807) is 36.4 Å². The predicted molar refractivity (Wildman–Crippen MR) is 135 cm³/mol. The van der Waals surface area contributed by atoms with E-state index in [1.165, 1.54) is 36.7 Å². The Balaban J connectivity index is 1.66. The second kappa shape index (κ2) is 11.5. The number of benzene rings is 2. The van der Waals surface area contributed by atoms with E-state index in [1.807, 2.05) is 6.92 Å². The van der Waals surface area contributed by atoms with Gasteiger partial charge >= 0.3 is 12.1 Å². The van der Waals surface area contributed by atoms with E-state index in [0.29, 0.717) is 17.7 Å². The van der Waals surface area contributed by atoms with Gasteiger partial charge in [0.05, 0.1) is 50.0 Å². The summed E-state index contributed by atoms with van der Waals surface area (Å²) in [4.78, 5) is 26.9. The van der Waals surface area contributed by atoms with Crippen LogP contribution in [0.3, 0.4) is 0 Å². The summed E-state index contributed by atoms with van der Waals surface area (Å²) in [6, 6.07) is 13.0. The Morgan fingerprint density at radius 2 is 1.84 bits per heavy atom. The first-order valence-corrected chi connectivity index (χ1v) is 13.6. The first-order valence-electron chi connectivity index (χ1n) is 12.0. The molecule has 0 unspecified atom stereocenters. The van der Waals surface area contributed by atoms with Crippen LogP contribution in [0.2, 0.25) is 0 Å². The summed E-state index contributed by atoms with van der Waals surface area (Å²) in [7, 11) is -2.54. The molecule has 0 atom stereocenters. The summed E-state index contributed by atoms with van der Waals surface area (Å²) >= 11 is 0. The van der Waals surface area contributed by atoms with Gasteiger partial charge in [-0.25, -0.2) is 18.0 Å². The van der Waals surface area contributed by atoms with Gasteiger partial charge in [-0.3, -0.25) is 0 Å². The number of esters is 1. The van der Waals surface area contributed by atoms with Crippen molar-refractivity contribution >= 4 is 21.9 Å². The third-order valence-corrected chi connectivity index (χ3v) is 7.71. The fraction of sp³-hybridized carbons (Fsp3) is 0.333. The molecule has 0 bridgehead atoms. The second-order valence-corrected chi connectivity index (χ2v) is 10.7. The Kier molecular flexibility index (Phi) is 8.17. The van der Waals surface area contributed by atoms with E-state index in [4.69, 9.17) is 18.6 Å². The normalized spacial score (nSPS) is 13.6. The van der Waals surface area contributed by atoms with Crippen molar-refractivity contribution in [3.8, 4) is 16.9 Å². The van der Waals surface area contributed by atoms with Gasteiger partial charge < -0.3 is 23.5 Å². The van der Waals surface area contributed by atoms with Crippen LogP contribution in [0.4, 0.5) is 4.79 Å². The zero-order chi connectivity index (χ0) is 26.4. The van der Waals surface area contributed by atoms with Crippen molar-refractivity contribution in [3.05, 3.63) is 72.2 Å². The molecule has 1 fully saturated rings. The quantitative estimate of drug-likeness (QED) is 0.275. The number of rotatable bonds is 10. The van der Waals surface area contributed by atoms with Crippen molar-refractivity contribution in [3.63, 3.8) is 0 Å². The summed E-state index contributed by atoms with van der Waals surface area (Å²) in [5, 5.41) is 0. The number of hydrogen-bond donors (Lipinski definition) is 0. The van der Waals surface area contributed by atoms with Crippen LogP contribution >= 0.6 is 0 Å². The highest BCUT2D eigenvalue weighted by Crippen LogP contribution is 2.38. The molecule has 2 heterocycles. The van der Waals surface area contributed by atoms with E-state index in [2.05, 4.69) is 0 Å². The summed E-state index contributed by atoms with van der Waals surface area (Å²) in [5.41, 5.74) is 1.45. The predicted octanol–water partition coefficient (Wildman–Crippen LogP) is 4.71. The molecule has 9 nitrogen and oxygen atoms in total. The molecule has 0 radical (unpaired) electrons. The first-order chi connectivity index (χ1) is 17.8. The number of amides is 1. The fourth-order valence-corrected chi connectivity index (χ4v) is 5.36. The molecule has 0 N–H and O–H groups in total. The molecule has 0 saturated carbocycles. The Morgan fingerprint density at radius 3 is 2.49 bits per heavy atom. The van der Waals surface area contributed by atoms with E-state index >= 15 is 0 Å². The van der Waals surface area contributed by atoms with Crippen molar-refractivity contribution in [1.82, 2.24) is 4.90 Å². The standard InChI is InChI=1S/C27H29NO8S/c1-3-4-13-35-27(30)28-15-21(16-28)36-25-23(19-12-14-34-17-19)11-10-20(24(25)26(29)33-2)18-37(31,32)22-8-6-5-7-9-22/h5-12,14,17,21H,3-4,13,15-16,18H2,1-2H3. The molecule has 1 saturated heterocycles. The van der Waals surface area contributed by atoms with Gasteiger partial charge in [-0.1, -0.05) is 43.7 Å². The molecule has 10 heteroatoms. The molecule has 196 valence electrons. The van der Waals surface area contributed by atoms with Crippen molar-refractivity contribution in [1.29, 1.82) is 0 Å². The average molecular weight is 528 g/mol. The lowest BCUT2D eigenvalue weighted by atomic mass is 9.99. The number of ether oxygens (including phenoxy) is 3. The Hall–Kier alpha value is -3.79. The van der Waals surface area contributed by atoms with Gasteiger partial charge in [0.1, 0.15) is 17.4 Å². The summed E-state index contributed by atoms with van der Waals surface area (Å²) in [6.45, 7) is 2.90. The van der Waals surface area contributed by atoms with Crippen molar-refractivity contribution in [2.75, 3.05) is 26.8 Å². The van der Waals surface area contributed by atoms with Crippen LogP contribution in [0.25, 0.3) is 11.1 Å².